The average molecular weight is 336 g/mol. The molecule has 0 N–H and O–H groups in total. The van der Waals surface area contributed by atoms with Gasteiger partial charge in [0.1, 0.15) is 5.52 Å². The van der Waals surface area contributed by atoms with Crippen LogP contribution in [0.2, 0.25) is 0 Å². The van der Waals surface area contributed by atoms with Crippen molar-refractivity contribution < 1.29 is 0 Å². The Kier molecular flexibility index (Phi) is 2.76. The molecule has 4 nitrogen and oxygen atoms in total. The number of imidazole rings is 1. The van der Waals surface area contributed by atoms with E-state index in [1.807, 2.05) is 29.1 Å². The van der Waals surface area contributed by atoms with Crippen molar-refractivity contribution in [3.63, 3.8) is 0 Å². The molecule has 0 fully saturated rings. The second-order valence-corrected chi connectivity index (χ2v) is 4.67. The summed E-state index contributed by atoms with van der Waals surface area (Å²) >= 11 is 2.11. The van der Waals surface area contributed by atoms with Gasteiger partial charge < -0.3 is 4.57 Å². The van der Waals surface area contributed by atoms with Crippen LogP contribution < -0.4 is 0 Å². The lowest BCUT2D eigenvalue weighted by atomic mass is 10.2. The van der Waals surface area contributed by atoms with Crippen LogP contribution in [-0.4, -0.2) is 19.5 Å². The molecule has 84 valence electrons. The van der Waals surface area contributed by atoms with Gasteiger partial charge in [0.15, 0.2) is 9.48 Å². The molecule has 0 saturated carbocycles. The maximum absolute atomic E-state index is 4.41. The van der Waals surface area contributed by atoms with Gasteiger partial charge in [-0.05, 0) is 5.56 Å². The largest absolute Gasteiger partial charge is 0.311 e. The third-order valence-corrected chi connectivity index (χ3v) is 3.04. The Labute approximate surface area is 112 Å². The molecule has 0 atom stereocenters. The molecule has 0 aliphatic rings. The van der Waals surface area contributed by atoms with Crippen molar-refractivity contribution in [2.45, 2.75) is 6.54 Å². The van der Waals surface area contributed by atoms with Gasteiger partial charge in [0.2, 0.25) is 0 Å². The summed E-state index contributed by atoms with van der Waals surface area (Å²) in [5.41, 5.74) is 2.95. The van der Waals surface area contributed by atoms with Gasteiger partial charge >= 0.3 is 0 Å². The highest BCUT2D eigenvalue weighted by Crippen LogP contribution is 2.12. The van der Waals surface area contributed by atoms with E-state index < -0.39 is 0 Å². The first-order valence-corrected chi connectivity index (χ1v) is 6.28. The molecule has 2 aromatic heterocycles. The fourth-order valence-corrected chi connectivity index (χ4v) is 2.10. The van der Waals surface area contributed by atoms with E-state index in [4.69, 9.17) is 0 Å². The SMILES string of the molecule is Ic1ncc2ncn(Cc3ccccc3)c2n1. The summed E-state index contributed by atoms with van der Waals surface area (Å²) in [4.78, 5) is 12.8. The molecule has 0 amide bonds. The molecule has 0 aliphatic heterocycles. The highest BCUT2D eigenvalue weighted by Gasteiger charge is 2.05. The van der Waals surface area contributed by atoms with Crippen LogP contribution in [0.3, 0.4) is 0 Å². The number of benzene rings is 1. The maximum Gasteiger partial charge on any atom is 0.192 e. The van der Waals surface area contributed by atoms with Gasteiger partial charge in [0, 0.05) is 22.6 Å². The third kappa shape index (κ3) is 2.14. The fraction of sp³-hybridized carbons (Fsp3) is 0.0833. The first kappa shape index (κ1) is 10.6. The maximum atomic E-state index is 4.41. The molecular weight excluding hydrogens is 327 g/mol. The Morgan fingerprint density at radius 2 is 1.94 bits per heavy atom. The van der Waals surface area contributed by atoms with E-state index in [1.165, 1.54) is 5.56 Å². The summed E-state index contributed by atoms with van der Waals surface area (Å²) in [5.74, 6) is 0. The lowest BCUT2D eigenvalue weighted by Gasteiger charge is -2.03. The smallest absolute Gasteiger partial charge is 0.192 e. The lowest BCUT2D eigenvalue weighted by Crippen LogP contribution is -2.00. The zero-order valence-electron chi connectivity index (χ0n) is 8.92. The van der Waals surface area contributed by atoms with E-state index in [0.29, 0.717) is 0 Å². The minimum absolute atomic E-state index is 0.741. The van der Waals surface area contributed by atoms with Gasteiger partial charge in [-0.25, -0.2) is 15.0 Å². The Hall–Kier alpha value is -1.50. The highest BCUT2D eigenvalue weighted by atomic mass is 127. The van der Waals surface area contributed by atoms with Crippen molar-refractivity contribution in [2.75, 3.05) is 0 Å². The zero-order valence-corrected chi connectivity index (χ0v) is 11.1. The predicted molar refractivity (Wildman–Crippen MR) is 73.6 cm³/mol. The Bertz CT molecular complexity index is 648. The van der Waals surface area contributed by atoms with E-state index in [-0.39, 0.29) is 0 Å². The van der Waals surface area contributed by atoms with Gasteiger partial charge in [-0.3, -0.25) is 0 Å². The van der Waals surface area contributed by atoms with Crippen molar-refractivity contribution in [1.82, 2.24) is 19.5 Å². The van der Waals surface area contributed by atoms with E-state index in [0.717, 1.165) is 21.5 Å². The molecule has 0 radical (unpaired) electrons. The zero-order chi connectivity index (χ0) is 11.7. The third-order valence-electron chi connectivity index (χ3n) is 2.52. The summed E-state index contributed by atoms with van der Waals surface area (Å²) in [7, 11) is 0. The first-order chi connectivity index (χ1) is 8.33. The topological polar surface area (TPSA) is 43.6 Å². The normalized spacial score (nSPS) is 10.9. The van der Waals surface area contributed by atoms with E-state index in [9.17, 15) is 0 Å². The standard InChI is InChI=1S/C12H9IN4/c13-12-14-6-10-11(16-12)17(8-15-10)7-9-4-2-1-3-5-9/h1-6,8H,7H2. The first-order valence-electron chi connectivity index (χ1n) is 5.20. The van der Waals surface area contributed by atoms with Crippen LogP contribution in [0.4, 0.5) is 0 Å². The van der Waals surface area contributed by atoms with Crippen LogP contribution in [0.15, 0.2) is 42.9 Å². The number of hydrogen-bond acceptors (Lipinski definition) is 3. The molecule has 3 rings (SSSR count). The molecule has 0 unspecified atom stereocenters. The summed E-state index contributed by atoms with van der Waals surface area (Å²) < 4.78 is 2.78. The molecule has 0 saturated heterocycles. The van der Waals surface area contributed by atoms with Gasteiger partial charge in [-0.1, -0.05) is 30.3 Å². The summed E-state index contributed by atoms with van der Waals surface area (Å²) in [6.45, 7) is 0.782. The molecule has 0 aliphatic carbocycles. The van der Waals surface area contributed by atoms with Crippen molar-refractivity contribution in [3.8, 4) is 0 Å². The molecule has 3 aromatic rings. The second kappa shape index (κ2) is 4.40. The number of aromatic nitrogens is 4. The van der Waals surface area contributed by atoms with Crippen LogP contribution in [0.25, 0.3) is 11.2 Å². The van der Waals surface area contributed by atoms with Crippen LogP contribution in [0.1, 0.15) is 5.56 Å². The van der Waals surface area contributed by atoms with E-state index >= 15 is 0 Å². The molecule has 5 heteroatoms. The van der Waals surface area contributed by atoms with Crippen molar-refractivity contribution in [2.24, 2.45) is 0 Å². The Balaban J connectivity index is 2.03. The summed E-state index contributed by atoms with van der Waals surface area (Å²) in [6.07, 6.45) is 3.56. The summed E-state index contributed by atoms with van der Waals surface area (Å²) in [6, 6.07) is 10.3. The van der Waals surface area contributed by atoms with Crippen LogP contribution >= 0.6 is 22.6 Å². The van der Waals surface area contributed by atoms with Crippen molar-refractivity contribution in [1.29, 1.82) is 0 Å². The van der Waals surface area contributed by atoms with Crippen molar-refractivity contribution >= 4 is 33.8 Å². The minimum Gasteiger partial charge on any atom is -0.311 e. The molecule has 0 spiro atoms. The van der Waals surface area contributed by atoms with Gasteiger partial charge in [-0.15, -0.1) is 0 Å². The minimum atomic E-state index is 0.741. The predicted octanol–water partition coefficient (Wildman–Crippen LogP) is 2.48. The van der Waals surface area contributed by atoms with E-state index in [2.05, 4.69) is 49.7 Å². The van der Waals surface area contributed by atoms with Gasteiger partial charge in [0.25, 0.3) is 0 Å². The molecule has 2 heterocycles. The van der Waals surface area contributed by atoms with Gasteiger partial charge in [0.05, 0.1) is 19.1 Å². The average Bonchev–Trinajstić information content (AvgIpc) is 2.73. The molecular formula is C12H9IN4. The quantitative estimate of drug-likeness (QED) is 0.533. The number of fused-ring (bicyclic) bond motifs is 1. The van der Waals surface area contributed by atoms with Crippen LogP contribution in [0.5, 0.6) is 0 Å². The fourth-order valence-electron chi connectivity index (χ4n) is 1.73. The monoisotopic (exact) mass is 336 g/mol. The van der Waals surface area contributed by atoms with E-state index in [1.54, 1.807) is 6.20 Å². The summed E-state index contributed by atoms with van der Waals surface area (Å²) in [5, 5.41) is 0. The molecule has 1 aromatic carbocycles. The lowest BCUT2D eigenvalue weighted by molar-refractivity contribution is 0.811. The van der Waals surface area contributed by atoms with Crippen LogP contribution in [0, 0.1) is 3.83 Å². The number of nitrogens with zero attached hydrogens (tertiary/aromatic N) is 4. The Morgan fingerprint density at radius 1 is 1.12 bits per heavy atom. The van der Waals surface area contributed by atoms with Crippen LogP contribution in [-0.2, 0) is 6.54 Å². The second-order valence-electron chi connectivity index (χ2n) is 3.71. The van der Waals surface area contributed by atoms with Crippen molar-refractivity contribution in [3.05, 3.63) is 52.3 Å². The number of halogens is 1. The molecule has 17 heavy (non-hydrogen) atoms. The van der Waals surface area contributed by atoms with Gasteiger partial charge in [-0.2, -0.15) is 0 Å². The number of hydrogen-bond donors (Lipinski definition) is 0. The Morgan fingerprint density at radius 3 is 2.76 bits per heavy atom. The number of rotatable bonds is 2. The molecule has 0 bridgehead atoms. The highest BCUT2D eigenvalue weighted by molar-refractivity contribution is 14.1.